The quantitative estimate of drug-likeness (QED) is 0.195. The number of benzene rings is 2. The van der Waals surface area contributed by atoms with Crippen LogP contribution in [0.15, 0.2) is 54.7 Å². The highest BCUT2D eigenvalue weighted by molar-refractivity contribution is 6.23. The zero-order valence-electron chi connectivity index (χ0n) is 34.5. The second-order valence-electron chi connectivity index (χ2n) is 16.6. The van der Waals surface area contributed by atoms with Crippen LogP contribution in [0.25, 0.3) is 4.85 Å². The van der Waals surface area contributed by atoms with Crippen molar-refractivity contribution in [2.45, 2.75) is 50.7 Å². The maximum Gasteiger partial charge on any atom is 0.407 e. The standard InChI is InChI=1S/C44H47F3N10O6/c1-48-35-6-3-30(23-34(35)44(45,46)47)54-16-12-28(13-17-54)40(60)51-37-8-4-31(24-50-37)55-14-10-27(11-15-55)26-53-18-20-56(21-19-53)39(59)25-49-29-2-5-32-33(22-29)43(63)57(42(32)62)36-7-9-38(58)52-41(36)61/h2-6,8,22-24,27-28,36,49H,7,9-21,25-26H2,(H,50,51,60)(H,52,58,61). The molecule has 1 atom stereocenters. The summed E-state index contributed by atoms with van der Waals surface area (Å²) in [5.74, 6) is -1.91. The third-order valence-electron chi connectivity index (χ3n) is 12.7. The van der Waals surface area contributed by atoms with Crippen LogP contribution in [0.5, 0.6) is 0 Å². The van der Waals surface area contributed by atoms with Gasteiger partial charge >= 0.3 is 6.18 Å². The first kappa shape index (κ1) is 43.1. The van der Waals surface area contributed by atoms with E-state index >= 15 is 0 Å². The molecule has 1 aromatic heterocycles. The van der Waals surface area contributed by atoms with Crippen molar-refractivity contribution in [2.75, 3.05) is 85.9 Å². The number of amides is 6. The zero-order valence-corrected chi connectivity index (χ0v) is 34.5. The SMILES string of the molecule is [C-]#[N+]c1ccc(N2CCC(C(=O)Nc3ccc(N4CCC(CN5CCN(C(=O)CNc6ccc7c(c6)C(=O)N(C6CCC(=O)NC6=O)C7=O)CC5)CC4)cn3)CC2)cc1C(F)(F)F. The molecule has 4 saturated heterocycles. The van der Waals surface area contributed by atoms with Gasteiger partial charge in [-0.3, -0.25) is 43.9 Å². The van der Waals surface area contributed by atoms with Crippen LogP contribution in [-0.4, -0.2) is 127 Å². The first-order valence-corrected chi connectivity index (χ1v) is 21.2. The van der Waals surface area contributed by atoms with Crippen molar-refractivity contribution in [1.29, 1.82) is 0 Å². The van der Waals surface area contributed by atoms with Crippen molar-refractivity contribution < 1.29 is 41.9 Å². The van der Waals surface area contributed by atoms with Crippen LogP contribution >= 0.6 is 0 Å². The van der Waals surface area contributed by atoms with Crippen LogP contribution in [0.1, 0.15) is 64.8 Å². The summed E-state index contributed by atoms with van der Waals surface area (Å²) in [6.07, 6.45) is 0.196. The van der Waals surface area contributed by atoms with Crippen LogP contribution in [0.2, 0.25) is 0 Å². The Morgan fingerprint density at radius 2 is 1.49 bits per heavy atom. The molecule has 0 radical (unpaired) electrons. The molecule has 0 spiro atoms. The van der Waals surface area contributed by atoms with Gasteiger partial charge in [-0.15, -0.1) is 0 Å². The zero-order chi connectivity index (χ0) is 44.4. The molecule has 19 heteroatoms. The van der Waals surface area contributed by atoms with E-state index in [0.29, 0.717) is 62.1 Å². The van der Waals surface area contributed by atoms with E-state index in [1.165, 1.54) is 24.3 Å². The Morgan fingerprint density at radius 1 is 0.810 bits per heavy atom. The minimum atomic E-state index is -4.63. The highest BCUT2D eigenvalue weighted by Crippen LogP contribution is 2.39. The lowest BCUT2D eigenvalue weighted by Crippen LogP contribution is -2.54. The number of carbonyl (C=O) groups excluding carboxylic acids is 6. The number of aromatic nitrogens is 1. The molecule has 6 heterocycles. The minimum absolute atomic E-state index is 0.0143. The number of anilines is 4. The number of fused-ring (bicyclic) bond motifs is 1. The third kappa shape index (κ3) is 9.45. The molecule has 0 saturated carbocycles. The van der Waals surface area contributed by atoms with E-state index < -0.39 is 47.1 Å². The maximum absolute atomic E-state index is 13.5. The number of piperazine rings is 1. The van der Waals surface area contributed by atoms with Gasteiger partial charge in [0.1, 0.15) is 11.9 Å². The molecule has 16 nitrogen and oxygen atoms in total. The Labute approximate surface area is 361 Å². The second-order valence-corrected chi connectivity index (χ2v) is 16.6. The van der Waals surface area contributed by atoms with Crippen LogP contribution in [0.4, 0.5) is 41.7 Å². The average Bonchev–Trinajstić information content (AvgIpc) is 3.53. The molecular weight excluding hydrogens is 822 g/mol. The smallest absolute Gasteiger partial charge is 0.376 e. The van der Waals surface area contributed by atoms with Crippen LogP contribution in [0, 0.1) is 18.4 Å². The number of piperidine rings is 3. The molecule has 5 aliphatic rings. The van der Waals surface area contributed by atoms with E-state index in [2.05, 4.69) is 35.6 Å². The number of alkyl halides is 3. The average molecular weight is 869 g/mol. The summed E-state index contributed by atoms with van der Waals surface area (Å²) in [6.45, 7) is 13.3. The summed E-state index contributed by atoms with van der Waals surface area (Å²) in [4.78, 5) is 93.1. The van der Waals surface area contributed by atoms with E-state index in [1.807, 2.05) is 15.9 Å². The van der Waals surface area contributed by atoms with Gasteiger partial charge in [-0.2, -0.15) is 13.2 Å². The van der Waals surface area contributed by atoms with Gasteiger partial charge in [-0.05, 0) is 80.5 Å². The number of hydrogen-bond acceptors (Lipinski definition) is 11. The van der Waals surface area contributed by atoms with Crippen molar-refractivity contribution in [3.05, 3.63) is 82.8 Å². The fraction of sp³-hybridized carbons (Fsp3) is 0.455. The number of nitrogens with one attached hydrogen (secondary N) is 3. The predicted octanol–water partition coefficient (Wildman–Crippen LogP) is 4.38. The number of nitrogens with zero attached hydrogens (tertiary/aromatic N) is 7. The maximum atomic E-state index is 13.5. The van der Waals surface area contributed by atoms with Crippen molar-refractivity contribution in [3.8, 4) is 0 Å². The van der Waals surface area contributed by atoms with E-state index in [0.717, 1.165) is 62.2 Å². The molecule has 1 unspecified atom stereocenters. The van der Waals surface area contributed by atoms with E-state index in [-0.39, 0.29) is 48.2 Å². The fourth-order valence-electron chi connectivity index (χ4n) is 9.11. The lowest BCUT2D eigenvalue weighted by atomic mass is 9.95. The molecule has 6 amide bonds. The van der Waals surface area contributed by atoms with Gasteiger partial charge in [0.2, 0.25) is 23.6 Å². The molecule has 2 aromatic carbocycles. The summed E-state index contributed by atoms with van der Waals surface area (Å²) in [5, 5.41) is 8.16. The predicted molar refractivity (Wildman–Crippen MR) is 225 cm³/mol. The van der Waals surface area contributed by atoms with Crippen LogP contribution in [0.3, 0.4) is 0 Å². The Bertz CT molecular complexity index is 2330. The van der Waals surface area contributed by atoms with Crippen molar-refractivity contribution in [3.63, 3.8) is 0 Å². The molecule has 0 bridgehead atoms. The van der Waals surface area contributed by atoms with Crippen molar-refractivity contribution in [2.24, 2.45) is 11.8 Å². The van der Waals surface area contributed by atoms with Crippen molar-refractivity contribution in [1.82, 2.24) is 25.0 Å². The first-order valence-electron chi connectivity index (χ1n) is 21.2. The van der Waals surface area contributed by atoms with E-state index in [4.69, 9.17) is 6.57 Å². The molecule has 0 aliphatic carbocycles. The Kier molecular flexibility index (Phi) is 12.3. The normalized spacial score (nSPS) is 20.4. The molecular formula is C44H47F3N10O6. The Hall–Kier alpha value is -6.55. The van der Waals surface area contributed by atoms with Crippen LogP contribution < -0.4 is 25.8 Å². The molecule has 3 N–H and O–H groups in total. The second kappa shape index (κ2) is 18.0. The lowest BCUT2D eigenvalue weighted by molar-refractivity contribution is -0.137. The fourth-order valence-corrected chi connectivity index (χ4v) is 9.11. The van der Waals surface area contributed by atoms with Gasteiger partial charge in [-0.1, -0.05) is 6.07 Å². The lowest BCUT2D eigenvalue weighted by Gasteiger charge is -2.39. The highest BCUT2D eigenvalue weighted by atomic mass is 19.4. The van der Waals surface area contributed by atoms with Gasteiger partial charge in [0, 0.05) is 82.6 Å². The molecule has 330 valence electrons. The number of carbonyl (C=O) groups is 6. The summed E-state index contributed by atoms with van der Waals surface area (Å²) < 4.78 is 40.4. The summed E-state index contributed by atoms with van der Waals surface area (Å²) in [7, 11) is 0. The number of imide groups is 2. The number of hydrogen-bond donors (Lipinski definition) is 3. The van der Waals surface area contributed by atoms with Gasteiger partial charge in [0.15, 0.2) is 5.69 Å². The summed E-state index contributed by atoms with van der Waals surface area (Å²) in [6, 6.07) is 11.1. The topological polar surface area (TPSA) is 172 Å². The van der Waals surface area contributed by atoms with Gasteiger partial charge in [0.25, 0.3) is 11.8 Å². The van der Waals surface area contributed by atoms with Gasteiger partial charge in [0.05, 0.1) is 41.7 Å². The highest BCUT2D eigenvalue weighted by Gasteiger charge is 2.45. The third-order valence-corrected chi connectivity index (χ3v) is 12.7. The van der Waals surface area contributed by atoms with Crippen molar-refractivity contribution >= 4 is 64.0 Å². The summed E-state index contributed by atoms with van der Waals surface area (Å²) >= 11 is 0. The van der Waals surface area contributed by atoms with Crippen LogP contribution in [-0.2, 0) is 25.4 Å². The summed E-state index contributed by atoms with van der Waals surface area (Å²) in [5.41, 5.74) is 0.786. The molecule has 5 aliphatic heterocycles. The first-order chi connectivity index (χ1) is 30.2. The van der Waals surface area contributed by atoms with E-state index in [1.54, 1.807) is 18.3 Å². The van der Waals surface area contributed by atoms with Gasteiger partial charge in [-0.25, -0.2) is 9.83 Å². The number of halogens is 3. The Morgan fingerprint density at radius 3 is 2.16 bits per heavy atom. The molecule has 63 heavy (non-hydrogen) atoms. The number of pyridine rings is 1. The Balaban J connectivity index is 0.729. The molecule has 8 rings (SSSR count). The molecule has 4 fully saturated rings. The largest absolute Gasteiger partial charge is 0.407 e. The molecule has 3 aromatic rings. The monoisotopic (exact) mass is 868 g/mol. The van der Waals surface area contributed by atoms with E-state index in [9.17, 15) is 41.9 Å². The number of rotatable bonds is 10. The minimum Gasteiger partial charge on any atom is -0.376 e. The van der Waals surface area contributed by atoms with Gasteiger partial charge < -0.3 is 25.3 Å².